The van der Waals surface area contributed by atoms with Gasteiger partial charge in [0.2, 0.25) is 0 Å². The van der Waals surface area contributed by atoms with E-state index < -0.39 is 17.8 Å². The first-order valence-electron chi connectivity index (χ1n) is 6.91. The maximum absolute atomic E-state index is 13.0. The summed E-state index contributed by atoms with van der Waals surface area (Å²) in [7, 11) is 0. The van der Waals surface area contributed by atoms with Crippen LogP contribution in [0.1, 0.15) is 35.2 Å². The minimum Gasteiger partial charge on any atom is -0.324 e. The largest absolute Gasteiger partial charge is 0.416 e. The van der Waals surface area contributed by atoms with Crippen molar-refractivity contribution >= 4 is 0 Å². The topological polar surface area (TPSA) is 26.0 Å². The Bertz CT molecular complexity index is 588. The lowest BCUT2D eigenvalue weighted by Crippen LogP contribution is -2.19. The van der Waals surface area contributed by atoms with Crippen LogP contribution in [0.5, 0.6) is 0 Å². The Hall–Kier alpha value is -1.81. The van der Waals surface area contributed by atoms with E-state index in [0.717, 1.165) is 18.1 Å². The van der Waals surface area contributed by atoms with Crippen molar-refractivity contribution in [3.8, 4) is 0 Å². The highest BCUT2D eigenvalue weighted by molar-refractivity contribution is 5.34. The van der Waals surface area contributed by atoms with Crippen molar-refractivity contribution in [1.29, 1.82) is 0 Å². The first kappa shape index (κ1) is 15.6. The molecule has 0 fully saturated rings. The van der Waals surface area contributed by atoms with Gasteiger partial charge in [0.1, 0.15) is 0 Å². The molecule has 0 aromatic heterocycles. The Balaban J connectivity index is 2.22. The Morgan fingerprint density at radius 1 is 0.952 bits per heavy atom. The normalized spacial score (nSPS) is 13.2. The second kappa shape index (κ2) is 6.31. The molecule has 0 radical (unpaired) electrons. The van der Waals surface area contributed by atoms with Crippen LogP contribution in [0, 0.1) is 0 Å². The van der Waals surface area contributed by atoms with Gasteiger partial charge in [-0.05, 0) is 35.6 Å². The number of benzene rings is 2. The minimum atomic E-state index is -4.37. The summed E-state index contributed by atoms with van der Waals surface area (Å²) in [6.07, 6.45) is -3.05. The summed E-state index contributed by atoms with van der Waals surface area (Å²) < 4.78 is 39.0. The van der Waals surface area contributed by atoms with E-state index in [-0.39, 0.29) is 5.56 Å². The highest BCUT2D eigenvalue weighted by Crippen LogP contribution is 2.34. The number of alkyl halides is 3. The van der Waals surface area contributed by atoms with Crippen LogP contribution >= 0.6 is 0 Å². The summed E-state index contributed by atoms with van der Waals surface area (Å²) in [6.45, 7) is 2.06. The molecule has 4 heteroatoms. The number of nitrogens with two attached hydrogens (primary N) is 1. The molecule has 2 N–H and O–H groups in total. The molecule has 1 atom stereocenters. The summed E-state index contributed by atoms with van der Waals surface area (Å²) in [5, 5.41) is 0. The van der Waals surface area contributed by atoms with Crippen LogP contribution < -0.4 is 5.73 Å². The molecule has 0 spiro atoms. The van der Waals surface area contributed by atoms with Crippen LogP contribution in [0.2, 0.25) is 0 Å². The lowest BCUT2D eigenvalue weighted by Gasteiger charge is -2.18. The first-order chi connectivity index (χ1) is 9.91. The molecule has 0 saturated heterocycles. The molecule has 21 heavy (non-hydrogen) atoms. The SMILES string of the molecule is CCc1ccc(CC(N)c2ccccc2C(F)(F)F)cc1. The number of hydrogen-bond donors (Lipinski definition) is 1. The van der Waals surface area contributed by atoms with Crippen LogP contribution in [0.3, 0.4) is 0 Å². The van der Waals surface area contributed by atoms with Gasteiger partial charge in [0.15, 0.2) is 0 Å². The van der Waals surface area contributed by atoms with Crippen molar-refractivity contribution in [2.75, 3.05) is 0 Å². The number of rotatable bonds is 4. The van der Waals surface area contributed by atoms with Gasteiger partial charge in [-0.3, -0.25) is 0 Å². The van der Waals surface area contributed by atoms with Crippen LogP contribution in [0.15, 0.2) is 48.5 Å². The molecule has 0 aliphatic heterocycles. The molecule has 0 heterocycles. The van der Waals surface area contributed by atoms with Gasteiger partial charge in [0, 0.05) is 6.04 Å². The third-order valence-electron chi connectivity index (χ3n) is 3.55. The number of aryl methyl sites for hydroxylation is 1. The summed E-state index contributed by atoms with van der Waals surface area (Å²) >= 11 is 0. The van der Waals surface area contributed by atoms with E-state index in [2.05, 4.69) is 6.92 Å². The van der Waals surface area contributed by atoms with Crippen LogP contribution in [0.4, 0.5) is 13.2 Å². The van der Waals surface area contributed by atoms with Gasteiger partial charge in [-0.2, -0.15) is 13.2 Å². The van der Waals surface area contributed by atoms with Gasteiger partial charge in [0.25, 0.3) is 0 Å². The Labute approximate surface area is 122 Å². The fourth-order valence-electron chi connectivity index (χ4n) is 2.35. The van der Waals surface area contributed by atoms with Gasteiger partial charge in [-0.25, -0.2) is 0 Å². The van der Waals surface area contributed by atoms with Crippen molar-refractivity contribution in [2.24, 2.45) is 5.73 Å². The lowest BCUT2D eigenvalue weighted by atomic mass is 9.94. The molecular weight excluding hydrogens is 275 g/mol. The molecule has 0 aliphatic rings. The zero-order valence-corrected chi connectivity index (χ0v) is 11.8. The standard InChI is InChI=1S/C17H18F3N/c1-2-12-7-9-13(10-8-12)11-16(21)14-5-3-4-6-15(14)17(18,19)20/h3-10,16H,2,11,21H2,1H3. The Kier molecular flexibility index (Phi) is 4.68. The van der Waals surface area contributed by atoms with Crippen molar-refractivity contribution in [2.45, 2.75) is 32.0 Å². The second-order valence-electron chi connectivity index (χ2n) is 5.07. The smallest absolute Gasteiger partial charge is 0.324 e. The van der Waals surface area contributed by atoms with Gasteiger partial charge < -0.3 is 5.73 Å². The van der Waals surface area contributed by atoms with Crippen LogP contribution in [0.25, 0.3) is 0 Å². The molecular formula is C17H18F3N. The molecule has 2 aromatic rings. The van der Waals surface area contributed by atoms with Crippen LogP contribution in [-0.2, 0) is 19.0 Å². The van der Waals surface area contributed by atoms with E-state index in [4.69, 9.17) is 5.73 Å². The lowest BCUT2D eigenvalue weighted by molar-refractivity contribution is -0.138. The van der Waals surface area contributed by atoms with E-state index in [1.165, 1.54) is 17.7 Å². The highest BCUT2D eigenvalue weighted by atomic mass is 19.4. The van der Waals surface area contributed by atoms with Crippen molar-refractivity contribution in [3.05, 3.63) is 70.8 Å². The van der Waals surface area contributed by atoms with E-state index in [1.807, 2.05) is 24.3 Å². The predicted octanol–water partition coefficient (Wildman–Crippen LogP) is 4.51. The van der Waals surface area contributed by atoms with Crippen LogP contribution in [-0.4, -0.2) is 0 Å². The maximum Gasteiger partial charge on any atom is 0.416 e. The third kappa shape index (κ3) is 3.85. The van der Waals surface area contributed by atoms with Gasteiger partial charge >= 0.3 is 6.18 Å². The Morgan fingerprint density at radius 3 is 2.10 bits per heavy atom. The quantitative estimate of drug-likeness (QED) is 0.882. The average Bonchev–Trinajstić information content (AvgIpc) is 2.47. The molecule has 0 bridgehead atoms. The van der Waals surface area contributed by atoms with Gasteiger partial charge in [-0.1, -0.05) is 49.4 Å². The predicted molar refractivity (Wildman–Crippen MR) is 77.9 cm³/mol. The molecule has 0 saturated carbocycles. The average molecular weight is 293 g/mol. The van der Waals surface area contributed by atoms with Crippen molar-refractivity contribution < 1.29 is 13.2 Å². The Morgan fingerprint density at radius 2 is 1.52 bits per heavy atom. The summed E-state index contributed by atoms with van der Waals surface area (Å²) in [4.78, 5) is 0. The fraction of sp³-hybridized carbons (Fsp3) is 0.294. The zero-order chi connectivity index (χ0) is 15.5. The highest BCUT2D eigenvalue weighted by Gasteiger charge is 2.34. The van der Waals surface area contributed by atoms with Gasteiger partial charge in [-0.15, -0.1) is 0 Å². The molecule has 2 rings (SSSR count). The summed E-state index contributed by atoms with van der Waals surface area (Å²) in [5.74, 6) is 0. The summed E-state index contributed by atoms with van der Waals surface area (Å²) in [6, 6.07) is 12.7. The molecule has 112 valence electrons. The molecule has 0 amide bonds. The second-order valence-corrected chi connectivity index (χ2v) is 5.07. The van der Waals surface area contributed by atoms with E-state index >= 15 is 0 Å². The van der Waals surface area contributed by atoms with Crippen molar-refractivity contribution in [1.82, 2.24) is 0 Å². The van der Waals surface area contributed by atoms with Crippen molar-refractivity contribution in [3.63, 3.8) is 0 Å². The first-order valence-corrected chi connectivity index (χ1v) is 6.91. The maximum atomic E-state index is 13.0. The minimum absolute atomic E-state index is 0.143. The van der Waals surface area contributed by atoms with Gasteiger partial charge in [0.05, 0.1) is 5.56 Å². The van der Waals surface area contributed by atoms with E-state index in [1.54, 1.807) is 6.07 Å². The molecule has 1 nitrogen and oxygen atoms in total. The monoisotopic (exact) mass is 293 g/mol. The number of halogens is 3. The fourth-order valence-corrected chi connectivity index (χ4v) is 2.35. The van der Waals surface area contributed by atoms with E-state index in [0.29, 0.717) is 6.42 Å². The third-order valence-corrected chi connectivity index (χ3v) is 3.55. The zero-order valence-electron chi connectivity index (χ0n) is 11.8. The molecule has 2 aromatic carbocycles. The number of hydrogen-bond acceptors (Lipinski definition) is 1. The van der Waals surface area contributed by atoms with E-state index in [9.17, 15) is 13.2 Å². The summed E-state index contributed by atoms with van der Waals surface area (Å²) in [5.41, 5.74) is 7.63. The molecule has 1 unspecified atom stereocenters. The molecule has 0 aliphatic carbocycles.